The molecule has 1 fully saturated rings. The highest BCUT2D eigenvalue weighted by molar-refractivity contribution is 7.16. The van der Waals surface area contributed by atoms with Crippen LogP contribution >= 0.6 is 34.5 Å². The van der Waals surface area contributed by atoms with Crippen LogP contribution in [0.3, 0.4) is 0 Å². The fourth-order valence-corrected chi connectivity index (χ4v) is 3.30. The van der Waals surface area contributed by atoms with Crippen molar-refractivity contribution in [3.05, 3.63) is 16.5 Å². The summed E-state index contributed by atoms with van der Waals surface area (Å²) in [6.07, 6.45) is 0.394. The molecule has 0 unspecified atom stereocenters. The van der Waals surface area contributed by atoms with Gasteiger partial charge in [0.25, 0.3) is 5.91 Å². The van der Waals surface area contributed by atoms with Crippen molar-refractivity contribution in [2.75, 3.05) is 5.32 Å². The van der Waals surface area contributed by atoms with Crippen molar-refractivity contribution in [3.8, 4) is 0 Å². The SMILES string of the molecule is Cc1cc(C(N)=O)c(NC(=O)[C@]2(C)CC2(Cl)Cl)s1. The molecule has 7 heteroatoms. The van der Waals surface area contributed by atoms with Gasteiger partial charge in [0, 0.05) is 4.88 Å². The molecule has 1 aromatic heterocycles. The fourth-order valence-electron chi connectivity index (χ4n) is 1.68. The van der Waals surface area contributed by atoms with Crippen LogP contribution in [-0.4, -0.2) is 16.1 Å². The summed E-state index contributed by atoms with van der Waals surface area (Å²) in [6, 6.07) is 1.65. The number of primary amides is 1. The van der Waals surface area contributed by atoms with Gasteiger partial charge in [-0.2, -0.15) is 0 Å². The van der Waals surface area contributed by atoms with E-state index in [1.165, 1.54) is 11.3 Å². The van der Waals surface area contributed by atoms with E-state index in [4.69, 9.17) is 28.9 Å². The van der Waals surface area contributed by atoms with E-state index in [0.717, 1.165) is 4.88 Å². The van der Waals surface area contributed by atoms with Gasteiger partial charge in [-0.25, -0.2) is 0 Å². The quantitative estimate of drug-likeness (QED) is 0.843. The van der Waals surface area contributed by atoms with Crippen molar-refractivity contribution < 1.29 is 9.59 Å². The standard InChI is InChI=1S/C11H12Cl2N2O2S/c1-5-3-6(7(14)16)8(18-5)15-9(17)10(2)4-11(10,12)13/h3H,4H2,1-2H3,(H2,14,16)(H,15,17)/t10-/m0/s1. The molecule has 1 heterocycles. The zero-order valence-electron chi connectivity index (χ0n) is 9.84. The molecule has 98 valence electrons. The Bertz CT molecular complexity index is 541. The summed E-state index contributed by atoms with van der Waals surface area (Å²) in [5.74, 6) is -0.865. The van der Waals surface area contributed by atoms with E-state index in [1.807, 2.05) is 6.92 Å². The summed E-state index contributed by atoms with van der Waals surface area (Å²) in [6.45, 7) is 3.52. The molecule has 0 aliphatic heterocycles. The number of hydrogen-bond donors (Lipinski definition) is 2. The van der Waals surface area contributed by atoms with Gasteiger partial charge in [-0.15, -0.1) is 34.5 Å². The smallest absolute Gasteiger partial charge is 0.251 e. The van der Waals surface area contributed by atoms with Gasteiger partial charge in [0.15, 0.2) is 0 Å². The second-order valence-corrected chi connectivity index (χ2v) is 7.37. The van der Waals surface area contributed by atoms with Crippen LogP contribution in [0.1, 0.15) is 28.6 Å². The average Bonchev–Trinajstić information content (AvgIpc) is 2.58. The zero-order valence-corrected chi connectivity index (χ0v) is 12.2. The molecular formula is C11H12Cl2N2O2S. The van der Waals surface area contributed by atoms with Crippen molar-refractivity contribution in [1.29, 1.82) is 0 Å². The van der Waals surface area contributed by atoms with E-state index >= 15 is 0 Å². The van der Waals surface area contributed by atoms with Gasteiger partial charge in [0.2, 0.25) is 5.91 Å². The maximum absolute atomic E-state index is 12.1. The number of alkyl halides is 2. The molecule has 0 radical (unpaired) electrons. The first kappa shape index (κ1) is 13.6. The molecule has 0 aromatic carbocycles. The summed E-state index contributed by atoms with van der Waals surface area (Å²) in [7, 11) is 0. The Morgan fingerprint density at radius 3 is 2.50 bits per heavy atom. The minimum atomic E-state index is -1.03. The third kappa shape index (κ3) is 2.11. The lowest BCUT2D eigenvalue weighted by molar-refractivity contribution is -0.120. The van der Waals surface area contributed by atoms with E-state index < -0.39 is 15.7 Å². The minimum absolute atomic E-state index is 0.295. The van der Waals surface area contributed by atoms with Crippen LogP contribution in [0.15, 0.2) is 6.07 Å². The minimum Gasteiger partial charge on any atom is -0.366 e. The van der Waals surface area contributed by atoms with Crippen LogP contribution in [0.25, 0.3) is 0 Å². The van der Waals surface area contributed by atoms with Crippen molar-refractivity contribution in [3.63, 3.8) is 0 Å². The van der Waals surface area contributed by atoms with E-state index in [-0.39, 0.29) is 5.91 Å². The lowest BCUT2D eigenvalue weighted by Crippen LogP contribution is -2.26. The Morgan fingerprint density at radius 2 is 2.06 bits per heavy atom. The lowest BCUT2D eigenvalue weighted by atomic mass is 10.1. The maximum Gasteiger partial charge on any atom is 0.251 e. The Hall–Kier alpha value is -0.780. The molecule has 3 N–H and O–H groups in total. The highest BCUT2D eigenvalue weighted by atomic mass is 35.5. The Morgan fingerprint density at radius 1 is 1.50 bits per heavy atom. The van der Waals surface area contributed by atoms with Crippen LogP contribution in [0, 0.1) is 12.3 Å². The van der Waals surface area contributed by atoms with Crippen molar-refractivity contribution in [1.82, 2.24) is 0 Å². The summed E-state index contributed by atoms with van der Waals surface area (Å²) in [5.41, 5.74) is 4.74. The van der Waals surface area contributed by atoms with Crippen LogP contribution in [0.2, 0.25) is 0 Å². The van der Waals surface area contributed by atoms with Gasteiger partial charge in [-0.1, -0.05) is 0 Å². The van der Waals surface area contributed by atoms with Gasteiger partial charge in [0.05, 0.1) is 11.0 Å². The summed E-state index contributed by atoms with van der Waals surface area (Å²) < 4.78 is -1.03. The number of anilines is 1. The normalized spacial score (nSPS) is 24.7. The second kappa shape index (κ2) is 4.11. The summed E-state index contributed by atoms with van der Waals surface area (Å²) >= 11 is 13.2. The summed E-state index contributed by atoms with van der Waals surface area (Å²) in [4.78, 5) is 24.2. The van der Waals surface area contributed by atoms with Crippen LogP contribution in [0.5, 0.6) is 0 Å². The first-order valence-corrected chi connectivity index (χ1v) is 6.84. The fraction of sp³-hybridized carbons (Fsp3) is 0.455. The van der Waals surface area contributed by atoms with Crippen LogP contribution in [0.4, 0.5) is 5.00 Å². The monoisotopic (exact) mass is 306 g/mol. The van der Waals surface area contributed by atoms with Crippen molar-refractivity contribution >= 4 is 51.4 Å². The maximum atomic E-state index is 12.1. The number of nitrogens with one attached hydrogen (secondary N) is 1. The number of thiophene rings is 1. The van der Waals surface area contributed by atoms with Gasteiger partial charge in [0.1, 0.15) is 9.33 Å². The lowest BCUT2D eigenvalue weighted by Gasteiger charge is -2.12. The molecule has 2 amide bonds. The Kier molecular flexibility index (Phi) is 3.12. The number of halogens is 2. The Balaban J connectivity index is 2.21. The van der Waals surface area contributed by atoms with E-state index in [2.05, 4.69) is 5.32 Å². The molecule has 0 bridgehead atoms. The number of nitrogens with two attached hydrogens (primary N) is 1. The molecule has 2 rings (SSSR count). The molecule has 1 atom stereocenters. The van der Waals surface area contributed by atoms with E-state index in [1.54, 1.807) is 13.0 Å². The van der Waals surface area contributed by atoms with E-state index in [0.29, 0.717) is 17.0 Å². The zero-order chi connectivity index (χ0) is 13.7. The number of carbonyl (C=O) groups is 2. The number of hydrogen-bond acceptors (Lipinski definition) is 3. The van der Waals surface area contributed by atoms with Gasteiger partial charge < -0.3 is 11.1 Å². The molecule has 1 aliphatic carbocycles. The van der Waals surface area contributed by atoms with E-state index in [9.17, 15) is 9.59 Å². The third-order valence-corrected chi connectivity index (χ3v) is 5.17. The molecule has 1 saturated carbocycles. The number of aryl methyl sites for hydroxylation is 1. The highest BCUT2D eigenvalue weighted by Crippen LogP contribution is 2.64. The van der Waals surface area contributed by atoms with Crippen LogP contribution < -0.4 is 11.1 Å². The number of rotatable bonds is 3. The number of amides is 2. The van der Waals surface area contributed by atoms with Gasteiger partial charge in [-0.05, 0) is 26.3 Å². The molecule has 0 spiro atoms. The van der Waals surface area contributed by atoms with Crippen LogP contribution in [-0.2, 0) is 4.79 Å². The Labute approximate surface area is 118 Å². The molecule has 1 aliphatic rings. The van der Waals surface area contributed by atoms with Crippen molar-refractivity contribution in [2.24, 2.45) is 11.1 Å². The predicted molar refractivity (Wildman–Crippen MR) is 73.4 cm³/mol. The molecular weight excluding hydrogens is 295 g/mol. The highest BCUT2D eigenvalue weighted by Gasteiger charge is 2.68. The molecule has 18 heavy (non-hydrogen) atoms. The predicted octanol–water partition coefficient (Wildman–Crippen LogP) is 2.68. The van der Waals surface area contributed by atoms with Gasteiger partial charge >= 0.3 is 0 Å². The average molecular weight is 307 g/mol. The third-order valence-electron chi connectivity index (χ3n) is 3.11. The largest absolute Gasteiger partial charge is 0.366 e. The van der Waals surface area contributed by atoms with Gasteiger partial charge in [-0.3, -0.25) is 9.59 Å². The molecule has 0 saturated heterocycles. The molecule has 1 aromatic rings. The molecule has 4 nitrogen and oxygen atoms in total. The number of carbonyl (C=O) groups excluding carboxylic acids is 2. The second-order valence-electron chi connectivity index (χ2n) is 4.63. The van der Waals surface area contributed by atoms with Crippen molar-refractivity contribution in [2.45, 2.75) is 24.6 Å². The summed E-state index contributed by atoms with van der Waals surface area (Å²) in [5, 5.41) is 3.13. The first-order valence-electron chi connectivity index (χ1n) is 5.27. The first-order chi connectivity index (χ1) is 8.17. The topological polar surface area (TPSA) is 72.2 Å².